The summed E-state index contributed by atoms with van der Waals surface area (Å²) < 4.78 is 50.4. The first-order chi connectivity index (χ1) is 25.4. The third kappa shape index (κ3) is 6.67. The lowest BCUT2D eigenvalue weighted by molar-refractivity contribution is -0.0967. The first-order valence-electron chi connectivity index (χ1n) is 18.8. The lowest BCUT2D eigenvalue weighted by Gasteiger charge is -2.51. The van der Waals surface area contributed by atoms with E-state index in [4.69, 9.17) is 25.6 Å². The van der Waals surface area contributed by atoms with E-state index in [2.05, 4.69) is 34.6 Å². The fourth-order valence-electron chi connectivity index (χ4n) is 9.68. The van der Waals surface area contributed by atoms with Crippen LogP contribution in [0.15, 0.2) is 30.5 Å². The smallest absolute Gasteiger partial charge is 0.319 e. The molecule has 3 aliphatic heterocycles. The predicted molar refractivity (Wildman–Crippen MR) is 198 cm³/mol. The number of rotatable bonds is 6. The van der Waals surface area contributed by atoms with E-state index in [0.29, 0.717) is 48.4 Å². The number of aliphatic hydroxyl groups is 1. The Morgan fingerprint density at radius 3 is 2.68 bits per heavy atom. The van der Waals surface area contributed by atoms with Crippen LogP contribution in [0, 0.1) is 29.4 Å². The lowest BCUT2D eigenvalue weighted by Crippen LogP contribution is -2.57. The maximum Gasteiger partial charge on any atom is 0.319 e. The molecule has 280 valence electrons. The predicted octanol–water partition coefficient (Wildman–Crippen LogP) is 6.37. The number of β-amino-alcohol motifs (C(OH)–C–C–N with tert-alkyl or cyclic N) is 1. The van der Waals surface area contributed by atoms with Gasteiger partial charge >= 0.3 is 6.01 Å². The van der Waals surface area contributed by atoms with Crippen molar-refractivity contribution in [1.82, 2.24) is 19.9 Å². The van der Waals surface area contributed by atoms with Gasteiger partial charge in [-0.05, 0) is 89.4 Å². The summed E-state index contributed by atoms with van der Waals surface area (Å²) in [6.07, 6.45) is 15.0. The number of hydrogen-bond donors (Lipinski definition) is 2. The van der Waals surface area contributed by atoms with Crippen LogP contribution in [-0.4, -0.2) is 99.4 Å². The molecule has 4 aromatic rings. The molecule has 2 aromatic heterocycles. The second kappa shape index (κ2) is 13.9. The molecular formula is C41H47F2N5O5. The topological polar surface area (TPSA) is 113 Å². The van der Waals surface area contributed by atoms with Crippen LogP contribution in [0.2, 0.25) is 0 Å². The van der Waals surface area contributed by atoms with Gasteiger partial charge in [-0.3, -0.25) is 9.88 Å². The Morgan fingerprint density at radius 1 is 1.09 bits per heavy atom. The SMILES string of the molecule is C#Cc1c(F)ccc2cc(O)cc(-c3ncc4c(N5CCOCC(C)(O)C5)nc(OCC56CCCC5N(C5CC(C)OC(C)C5)CCC6)nc4c3F)c12. The van der Waals surface area contributed by atoms with E-state index in [1.54, 1.807) is 6.92 Å². The van der Waals surface area contributed by atoms with Crippen LogP contribution in [-0.2, 0) is 9.47 Å². The molecule has 0 radical (unpaired) electrons. The number of phenols is 1. The Kier molecular flexibility index (Phi) is 9.42. The monoisotopic (exact) mass is 727 g/mol. The highest BCUT2D eigenvalue weighted by Gasteiger charge is 2.50. The van der Waals surface area contributed by atoms with Crippen LogP contribution in [0.25, 0.3) is 32.9 Å². The van der Waals surface area contributed by atoms with Gasteiger partial charge in [0.1, 0.15) is 34.2 Å². The summed E-state index contributed by atoms with van der Waals surface area (Å²) in [7, 11) is 0. The van der Waals surface area contributed by atoms with Crippen LogP contribution < -0.4 is 9.64 Å². The molecule has 5 atom stereocenters. The Labute approximate surface area is 308 Å². The molecule has 5 unspecified atom stereocenters. The summed E-state index contributed by atoms with van der Waals surface area (Å²) in [6.45, 7) is 8.47. The van der Waals surface area contributed by atoms with Gasteiger partial charge in [-0.25, -0.2) is 8.78 Å². The molecule has 0 bridgehead atoms. The summed E-state index contributed by atoms with van der Waals surface area (Å²) >= 11 is 0. The molecule has 1 saturated carbocycles. The Bertz CT molecular complexity index is 2080. The molecule has 53 heavy (non-hydrogen) atoms. The fourth-order valence-corrected chi connectivity index (χ4v) is 9.68. The van der Waals surface area contributed by atoms with Gasteiger partial charge in [0.25, 0.3) is 0 Å². The number of likely N-dealkylation sites (tertiary alicyclic amines) is 1. The molecule has 4 fully saturated rings. The van der Waals surface area contributed by atoms with Gasteiger partial charge in [-0.1, -0.05) is 18.4 Å². The highest BCUT2D eigenvalue weighted by molar-refractivity contribution is 6.03. The van der Waals surface area contributed by atoms with Crippen LogP contribution in [0.4, 0.5) is 14.6 Å². The summed E-state index contributed by atoms with van der Waals surface area (Å²) in [5.41, 5.74) is -1.43. The molecule has 0 amide bonds. The van der Waals surface area contributed by atoms with Gasteiger partial charge in [-0.2, -0.15) is 9.97 Å². The molecular weight excluding hydrogens is 680 g/mol. The molecule has 10 nitrogen and oxygen atoms in total. The number of fused-ring (bicyclic) bond motifs is 3. The zero-order valence-corrected chi connectivity index (χ0v) is 30.6. The van der Waals surface area contributed by atoms with Crippen LogP contribution in [0.1, 0.15) is 71.3 Å². The third-order valence-electron chi connectivity index (χ3n) is 11.8. The first kappa shape index (κ1) is 35.9. The number of terminal acetylenes is 1. The Balaban J connectivity index is 1.21. The van der Waals surface area contributed by atoms with E-state index in [-0.39, 0.29) is 70.3 Å². The molecule has 5 heterocycles. The highest BCUT2D eigenvalue weighted by atomic mass is 19.1. The van der Waals surface area contributed by atoms with Crippen molar-refractivity contribution < 1.29 is 33.2 Å². The van der Waals surface area contributed by atoms with Crippen molar-refractivity contribution in [2.24, 2.45) is 5.41 Å². The van der Waals surface area contributed by atoms with Crippen LogP contribution in [0.5, 0.6) is 11.8 Å². The minimum Gasteiger partial charge on any atom is -0.508 e. The number of benzene rings is 2. The summed E-state index contributed by atoms with van der Waals surface area (Å²) in [5, 5.41) is 22.7. The van der Waals surface area contributed by atoms with Gasteiger partial charge in [0.15, 0.2) is 5.82 Å². The Morgan fingerprint density at radius 2 is 1.89 bits per heavy atom. The fraction of sp³-hybridized carbons (Fsp3) is 0.537. The molecule has 0 spiro atoms. The number of aromatic nitrogens is 3. The summed E-state index contributed by atoms with van der Waals surface area (Å²) in [5.74, 6) is 1.16. The minimum absolute atomic E-state index is 0.0231. The largest absolute Gasteiger partial charge is 0.508 e. The summed E-state index contributed by atoms with van der Waals surface area (Å²) in [6, 6.07) is 6.32. The van der Waals surface area contributed by atoms with Crippen molar-refractivity contribution in [2.45, 2.75) is 95.6 Å². The van der Waals surface area contributed by atoms with Gasteiger partial charge in [0.2, 0.25) is 0 Å². The van der Waals surface area contributed by atoms with Gasteiger partial charge in [0, 0.05) is 41.2 Å². The minimum atomic E-state index is -1.20. The molecule has 2 N–H and O–H groups in total. The maximum absolute atomic E-state index is 17.1. The highest BCUT2D eigenvalue weighted by Crippen LogP contribution is 2.50. The van der Waals surface area contributed by atoms with E-state index in [1.807, 2.05) is 4.90 Å². The number of piperidine rings is 1. The van der Waals surface area contributed by atoms with E-state index >= 15 is 4.39 Å². The Hall–Kier alpha value is -4.15. The number of hydrogen-bond acceptors (Lipinski definition) is 10. The molecule has 12 heteroatoms. The normalized spacial score (nSPS) is 29.6. The van der Waals surface area contributed by atoms with Gasteiger partial charge in [-0.15, -0.1) is 6.42 Å². The number of halogens is 2. The number of anilines is 1. The standard InChI is InChI=1S/C41H47F2N5O5/c1-5-29-32(42)10-9-26-18-28(49)19-30(34(26)29)36-35(43)37-31(20-44-36)38(47-14-15-51-22-40(4,50)21-47)46-39(45-37)52-23-41-11-6-8-33(41)48(13-7-12-41)27-16-24(2)53-25(3)17-27/h1,9-10,18-20,24-25,27,33,49-50H,6-8,11-17,21-23H2,2-4H3. The number of phenolic OH excluding ortho intramolecular Hbond substituents is 1. The average Bonchev–Trinajstić information content (AvgIpc) is 3.47. The van der Waals surface area contributed by atoms with Crippen molar-refractivity contribution >= 4 is 27.5 Å². The van der Waals surface area contributed by atoms with Crippen molar-refractivity contribution in [3.63, 3.8) is 0 Å². The lowest BCUT2D eigenvalue weighted by atomic mass is 9.74. The molecule has 4 aliphatic rings. The van der Waals surface area contributed by atoms with Crippen molar-refractivity contribution in [3.8, 4) is 35.4 Å². The van der Waals surface area contributed by atoms with Crippen molar-refractivity contribution in [3.05, 3.63) is 47.7 Å². The number of ether oxygens (including phenoxy) is 3. The second-order valence-corrected chi connectivity index (χ2v) is 15.9. The average molecular weight is 728 g/mol. The van der Waals surface area contributed by atoms with Gasteiger partial charge < -0.3 is 29.3 Å². The molecule has 8 rings (SSSR count). The zero-order valence-electron chi connectivity index (χ0n) is 30.6. The number of nitrogens with zero attached hydrogens (tertiary/aromatic N) is 5. The molecule has 2 aromatic carbocycles. The first-order valence-corrected chi connectivity index (χ1v) is 18.8. The number of aromatic hydroxyl groups is 1. The van der Waals surface area contributed by atoms with Gasteiger partial charge in [0.05, 0.1) is 49.5 Å². The zero-order chi connectivity index (χ0) is 37.1. The third-order valence-corrected chi connectivity index (χ3v) is 11.8. The quantitative estimate of drug-likeness (QED) is 0.218. The summed E-state index contributed by atoms with van der Waals surface area (Å²) in [4.78, 5) is 18.6. The van der Waals surface area contributed by atoms with E-state index in [1.165, 1.54) is 30.5 Å². The second-order valence-electron chi connectivity index (χ2n) is 15.9. The van der Waals surface area contributed by atoms with Crippen molar-refractivity contribution in [2.75, 3.05) is 44.4 Å². The van der Waals surface area contributed by atoms with Crippen molar-refractivity contribution in [1.29, 1.82) is 0 Å². The molecule has 1 aliphatic carbocycles. The van der Waals surface area contributed by atoms with Crippen LogP contribution >= 0.6 is 0 Å². The van der Waals surface area contributed by atoms with Crippen LogP contribution in [0.3, 0.4) is 0 Å². The maximum atomic E-state index is 17.1. The van der Waals surface area contributed by atoms with E-state index < -0.39 is 17.2 Å². The van der Waals surface area contributed by atoms with E-state index in [9.17, 15) is 14.6 Å². The van der Waals surface area contributed by atoms with E-state index in [0.717, 1.165) is 51.5 Å². The number of pyridine rings is 1. The molecule has 3 saturated heterocycles.